The molecule has 0 aliphatic carbocycles. The first kappa shape index (κ1) is 12.5. The van der Waals surface area contributed by atoms with Gasteiger partial charge in [-0.15, -0.1) is 0 Å². The van der Waals surface area contributed by atoms with Crippen molar-refractivity contribution in [3.05, 3.63) is 54.4 Å². The number of benzene rings is 2. The van der Waals surface area contributed by atoms with Crippen molar-refractivity contribution in [1.82, 2.24) is 9.55 Å². The number of hydrogen-bond acceptors (Lipinski definition) is 4. The van der Waals surface area contributed by atoms with E-state index < -0.39 is 0 Å². The molecule has 0 radical (unpaired) electrons. The van der Waals surface area contributed by atoms with Gasteiger partial charge in [-0.05, 0) is 30.3 Å². The number of aryl methyl sites for hydroxylation is 1. The zero-order valence-electron chi connectivity index (χ0n) is 11.2. The fraction of sp³-hybridized carbons (Fsp3) is 0.133. The van der Waals surface area contributed by atoms with Crippen molar-refractivity contribution in [2.45, 2.75) is 6.61 Å². The Labute approximate surface area is 117 Å². The highest BCUT2D eigenvalue weighted by atomic mass is 16.5. The average Bonchev–Trinajstić information content (AvgIpc) is 2.82. The average molecular weight is 268 g/mol. The Bertz CT molecular complexity index is 721. The van der Waals surface area contributed by atoms with Crippen LogP contribution >= 0.6 is 0 Å². The van der Waals surface area contributed by atoms with Gasteiger partial charge in [0, 0.05) is 7.05 Å². The summed E-state index contributed by atoms with van der Waals surface area (Å²) in [6.45, 7) is 0.431. The van der Waals surface area contributed by atoms with E-state index in [-0.39, 0.29) is 0 Å². The number of nitrogens with zero attached hydrogens (tertiary/aromatic N) is 2. The summed E-state index contributed by atoms with van der Waals surface area (Å²) in [7, 11) is 1.97. The van der Waals surface area contributed by atoms with Crippen LogP contribution in [0.1, 0.15) is 5.82 Å². The number of hydrogen-bond donors (Lipinski definition) is 2. The second kappa shape index (κ2) is 5.22. The molecule has 1 aromatic heterocycles. The zero-order valence-corrected chi connectivity index (χ0v) is 11.2. The standard InChI is InChI=1S/C15H16N4O/c1-19-14-9-11(18-16)7-8-13(14)17-15(19)10-20-12-5-3-2-4-6-12/h2-9,18H,10,16H2,1H3. The molecule has 0 spiro atoms. The molecule has 5 heteroatoms. The Balaban J connectivity index is 1.86. The number of anilines is 1. The largest absolute Gasteiger partial charge is 0.486 e. The molecule has 0 saturated heterocycles. The van der Waals surface area contributed by atoms with Gasteiger partial charge in [-0.3, -0.25) is 5.84 Å². The maximum Gasteiger partial charge on any atom is 0.147 e. The predicted octanol–water partition coefficient (Wildman–Crippen LogP) is 2.44. The second-order valence-electron chi connectivity index (χ2n) is 4.54. The van der Waals surface area contributed by atoms with Crippen molar-refractivity contribution in [3.63, 3.8) is 0 Å². The smallest absolute Gasteiger partial charge is 0.147 e. The summed E-state index contributed by atoms with van der Waals surface area (Å²) in [5.41, 5.74) is 5.45. The van der Waals surface area contributed by atoms with Crippen LogP contribution in [-0.2, 0) is 13.7 Å². The number of ether oxygens (including phenoxy) is 1. The quantitative estimate of drug-likeness (QED) is 0.563. The molecule has 5 nitrogen and oxygen atoms in total. The topological polar surface area (TPSA) is 65.1 Å². The summed E-state index contributed by atoms with van der Waals surface area (Å²) in [5.74, 6) is 7.14. The fourth-order valence-electron chi connectivity index (χ4n) is 2.12. The van der Waals surface area contributed by atoms with Gasteiger partial charge in [-0.1, -0.05) is 18.2 Å². The third-order valence-corrected chi connectivity index (χ3v) is 3.25. The minimum absolute atomic E-state index is 0.431. The highest BCUT2D eigenvalue weighted by Gasteiger charge is 2.08. The van der Waals surface area contributed by atoms with E-state index in [1.165, 1.54) is 0 Å². The van der Waals surface area contributed by atoms with E-state index in [1.807, 2.05) is 60.1 Å². The molecule has 3 rings (SSSR count). The molecule has 1 heterocycles. The van der Waals surface area contributed by atoms with Crippen molar-refractivity contribution in [1.29, 1.82) is 0 Å². The summed E-state index contributed by atoms with van der Waals surface area (Å²) < 4.78 is 7.75. The van der Waals surface area contributed by atoms with Crippen molar-refractivity contribution in [2.75, 3.05) is 5.43 Å². The van der Waals surface area contributed by atoms with Gasteiger partial charge in [-0.25, -0.2) is 4.98 Å². The van der Waals surface area contributed by atoms with Gasteiger partial charge < -0.3 is 14.7 Å². The van der Waals surface area contributed by atoms with Crippen LogP contribution in [0.5, 0.6) is 5.75 Å². The molecule has 0 aliphatic heterocycles. The second-order valence-corrected chi connectivity index (χ2v) is 4.54. The van der Waals surface area contributed by atoms with Crippen LogP contribution in [0, 0.1) is 0 Å². The lowest BCUT2D eigenvalue weighted by Gasteiger charge is -2.06. The van der Waals surface area contributed by atoms with Crippen LogP contribution < -0.4 is 16.0 Å². The van der Waals surface area contributed by atoms with Gasteiger partial charge in [0.25, 0.3) is 0 Å². The van der Waals surface area contributed by atoms with E-state index >= 15 is 0 Å². The van der Waals surface area contributed by atoms with Gasteiger partial charge in [0.15, 0.2) is 0 Å². The molecule has 102 valence electrons. The van der Waals surface area contributed by atoms with Gasteiger partial charge in [-0.2, -0.15) is 0 Å². The van der Waals surface area contributed by atoms with Crippen LogP contribution in [0.4, 0.5) is 5.69 Å². The Morgan fingerprint density at radius 3 is 2.75 bits per heavy atom. The molecule has 0 saturated carbocycles. The fourth-order valence-corrected chi connectivity index (χ4v) is 2.12. The SMILES string of the molecule is Cn1c(COc2ccccc2)nc2ccc(NN)cc21. The molecule has 2 aromatic carbocycles. The maximum absolute atomic E-state index is 5.74. The van der Waals surface area contributed by atoms with E-state index in [4.69, 9.17) is 10.6 Å². The maximum atomic E-state index is 5.74. The van der Waals surface area contributed by atoms with Crippen LogP contribution in [-0.4, -0.2) is 9.55 Å². The Morgan fingerprint density at radius 2 is 2.00 bits per heavy atom. The number of nitrogens with two attached hydrogens (primary N) is 1. The molecule has 3 N–H and O–H groups in total. The monoisotopic (exact) mass is 268 g/mol. The first-order valence-electron chi connectivity index (χ1n) is 6.38. The molecule has 0 amide bonds. The molecular weight excluding hydrogens is 252 g/mol. The van der Waals surface area contributed by atoms with Crippen LogP contribution in [0.25, 0.3) is 11.0 Å². The molecule has 3 aromatic rings. The van der Waals surface area contributed by atoms with E-state index in [1.54, 1.807) is 0 Å². The number of rotatable bonds is 4. The number of aromatic nitrogens is 2. The first-order valence-corrected chi connectivity index (χ1v) is 6.38. The van der Waals surface area contributed by atoms with E-state index in [0.29, 0.717) is 6.61 Å². The van der Waals surface area contributed by atoms with Gasteiger partial charge in [0.2, 0.25) is 0 Å². The lowest BCUT2D eigenvalue weighted by atomic mass is 10.3. The lowest BCUT2D eigenvalue weighted by Crippen LogP contribution is -2.06. The highest BCUT2D eigenvalue weighted by Crippen LogP contribution is 2.20. The summed E-state index contributed by atoms with van der Waals surface area (Å²) in [5, 5.41) is 0. The van der Waals surface area contributed by atoms with Gasteiger partial charge >= 0.3 is 0 Å². The Hall–Kier alpha value is -2.53. The predicted molar refractivity (Wildman–Crippen MR) is 79.3 cm³/mol. The van der Waals surface area contributed by atoms with E-state index in [0.717, 1.165) is 28.3 Å². The van der Waals surface area contributed by atoms with Crippen molar-refractivity contribution < 1.29 is 4.74 Å². The van der Waals surface area contributed by atoms with Crippen LogP contribution in [0.3, 0.4) is 0 Å². The number of imidazole rings is 1. The molecule has 0 bridgehead atoms. The third kappa shape index (κ3) is 2.31. The first-order chi connectivity index (χ1) is 9.78. The summed E-state index contributed by atoms with van der Waals surface area (Å²) in [6.07, 6.45) is 0. The lowest BCUT2D eigenvalue weighted by molar-refractivity contribution is 0.292. The third-order valence-electron chi connectivity index (χ3n) is 3.25. The minimum atomic E-state index is 0.431. The molecule has 0 unspecified atom stereocenters. The zero-order chi connectivity index (χ0) is 13.9. The van der Waals surface area contributed by atoms with Crippen molar-refractivity contribution in [2.24, 2.45) is 12.9 Å². The molecule has 0 fully saturated rings. The number of nitrogen functional groups attached to an aromatic ring is 1. The van der Waals surface area contributed by atoms with E-state index in [9.17, 15) is 0 Å². The number of para-hydroxylation sites is 1. The normalized spacial score (nSPS) is 10.7. The summed E-state index contributed by atoms with van der Waals surface area (Å²) in [4.78, 5) is 4.57. The van der Waals surface area contributed by atoms with Crippen molar-refractivity contribution >= 4 is 16.7 Å². The number of nitrogens with one attached hydrogen (secondary N) is 1. The van der Waals surface area contributed by atoms with Gasteiger partial charge in [0.1, 0.15) is 18.2 Å². The Kier molecular flexibility index (Phi) is 3.26. The molecule has 0 atom stereocenters. The van der Waals surface area contributed by atoms with Gasteiger partial charge in [0.05, 0.1) is 16.7 Å². The van der Waals surface area contributed by atoms with Crippen LogP contribution in [0.15, 0.2) is 48.5 Å². The summed E-state index contributed by atoms with van der Waals surface area (Å²) >= 11 is 0. The number of fused-ring (bicyclic) bond motifs is 1. The van der Waals surface area contributed by atoms with Crippen molar-refractivity contribution in [3.8, 4) is 5.75 Å². The molecule has 0 aliphatic rings. The van der Waals surface area contributed by atoms with Crippen LogP contribution in [0.2, 0.25) is 0 Å². The Morgan fingerprint density at radius 1 is 1.20 bits per heavy atom. The number of hydrazine groups is 1. The highest BCUT2D eigenvalue weighted by molar-refractivity contribution is 5.80. The van der Waals surface area contributed by atoms with E-state index in [2.05, 4.69) is 10.4 Å². The molecular formula is C15H16N4O. The summed E-state index contributed by atoms with van der Waals surface area (Å²) in [6, 6.07) is 15.5. The molecule has 20 heavy (non-hydrogen) atoms. The minimum Gasteiger partial charge on any atom is -0.486 e.